The second-order valence-electron chi connectivity index (χ2n) is 6.88. The third-order valence-electron chi connectivity index (χ3n) is 4.47. The third kappa shape index (κ3) is 3.23. The van der Waals surface area contributed by atoms with Crippen molar-refractivity contribution in [2.75, 3.05) is 11.4 Å². The highest BCUT2D eigenvalue weighted by Crippen LogP contribution is 2.40. The van der Waals surface area contributed by atoms with E-state index < -0.39 is 17.0 Å². The normalized spacial score (nSPS) is 20.6. The molecule has 25 heavy (non-hydrogen) atoms. The Bertz CT molecular complexity index is 827. The Kier molecular flexibility index (Phi) is 4.49. The lowest BCUT2D eigenvalue weighted by Crippen LogP contribution is -2.45. The Hall–Kier alpha value is -2.08. The van der Waals surface area contributed by atoms with Gasteiger partial charge in [0.1, 0.15) is 5.82 Å². The van der Waals surface area contributed by atoms with Crippen LogP contribution in [0.2, 0.25) is 0 Å². The lowest BCUT2D eigenvalue weighted by atomic mass is 9.87. The standard InChI is InChI=1S/C19H21FN2O2S/c1-5-6-22-15-9-14(20)12(8-16-17(23)21-18(24)25-16)7-13(15)11(2)10-19(22,3)4/h7-10H,5-6H2,1-4H3,(H,21,23,24)/b16-8-. The number of anilines is 1. The van der Waals surface area contributed by atoms with E-state index in [1.165, 1.54) is 12.1 Å². The molecular weight excluding hydrogens is 339 g/mol. The Labute approximate surface area is 151 Å². The molecule has 1 saturated heterocycles. The van der Waals surface area contributed by atoms with Crippen LogP contribution in [-0.2, 0) is 4.79 Å². The fourth-order valence-electron chi connectivity index (χ4n) is 3.42. The van der Waals surface area contributed by atoms with Gasteiger partial charge in [-0.1, -0.05) is 13.0 Å². The van der Waals surface area contributed by atoms with Crippen LogP contribution in [0.1, 0.15) is 45.2 Å². The Morgan fingerprint density at radius 2 is 2.04 bits per heavy atom. The SMILES string of the molecule is CCCN1c2cc(F)c(/C=C3\SC(=O)NC3=O)cc2C(C)=CC1(C)C. The van der Waals surface area contributed by atoms with Gasteiger partial charge in [-0.25, -0.2) is 4.39 Å². The molecule has 1 aromatic rings. The van der Waals surface area contributed by atoms with Crippen molar-refractivity contribution >= 4 is 40.2 Å². The van der Waals surface area contributed by atoms with Gasteiger partial charge >= 0.3 is 0 Å². The van der Waals surface area contributed by atoms with E-state index >= 15 is 0 Å². The third-order valence-corrected chi connectivity index (χ3v) is 5.28. The number of fused-ring (bicyclic) bond motifs is 1. The molecule has 2 aliphatic heterocycles. The van der Waals surface area contributed by atoms with Gasteiger partial charge in [-0.15, -0.1) is 0 Å². The van der Waals surface area contributed by atoms with E-state index in [1.807, 2.05) is 6.92 Å². The summed E-state index contributed by atoms with van der Waals surface area (Å²) in [6, 6.07) is 3.30. The molecule has 0 saturated carbocycles. The number of rotatable bonds is 3. The second kappa shape index (κ2) is 6.33. The number of nitrogens with one attached hydrogen (secondary N) is 1. The van der Waals surface area contributed by atoms with E-state index in [-0.39, 0.29) is 10.4 Å². The Morgan fingerprint density at radius 1 is 1.32 bits per heavy atom. The molecule has 2 amide bonds. The number of carbonyl (C=O) groups is 2. The first-order chi connectivity index (χ1) is 11.7. The molecule has 0 radical (unpaired) electrons. The van der Waals surface area contributed by atoms with Crippen LogP contribution in [-0.4, -0.2) is 23.2 Å². The van der Waals surface area contributed by atoms with E-state index in [2.05, 4.69) is 37.1 Å². The summed E-state index contributed by atoms with van der Waals surface area (Å²) in [6.07, 6.45) is 4.58. The first-order valence-electron chi connectivity index (χ1n) is 8.29. The number of benzene rings is 1. The number of halogens is 1. The Balaban J connectivity index is 2.10. The zero-order valence-electron chi connectivity index (χ0n) is 14.8. The monoisotopic (exact) mass is 360 g/mol. The topological polar surface area (TPSA) is 49.4 Å². The van der Waals surface area contributed by atoms with Crippen molar-refractivity contribution in [3.05, 3.63) is 40.1 Å². The highest BCUT2D eigenvalue weighted by atomic mass is 32.2. The molecule has 132 valence electrons. The summed E-state index contributed by atoms with van der Waals surface area (Å²) in [5.74, 6) is -0.876. The van der Waals surface area contributed by atoms with E-state index in [0.717, 1.165) is 41.6 Å². The molecule has 6 heteroatoms. The lowest BCUT2D eigenvalue weighted by molar-refractivity contribution is -0.115. The molecule has 0 bridgehead atoms. The molecule has 1 fully saturated rings. The molecule has 1 N–H and O–H groups in total. The van der Waals surface area contributed by atoms with Gasteiger partial charge in [-0.05, 0) is 62.7 Å². The Morgan fingerprint density at radius 3 is 2.64 bits per heavy atom. The van der Waals surface area contributed by atoms with Crippen molar-refractivity contribution in [1.29, 1.82) is 0 Å². The fraction of sp³-hybridized carbons (Fsp3) is 0.368. The van der Waals surface area contributed by atoms with Crippen molar-refractivity contribution < 1.29 is 14.0 Å². The number of imide groups is 1. The predicted octanol–water partition coefficient (Wildman–Crippen LogP) is 4.56. The largest absolute Gasteiger partial charge is 0.362 e. The zero-order valence-corrected chi connectivity index (χ0v) is 15.6. The van der Waals surface area contributed by atoms with Crippen molar-refractivity contribution in [2.45, 2.75) is 39.7 Å². The lowest BCUT2D eigenvalue weighted by Gasteiger charge is -2.43. The number of nitrogens with zero attached hydrogens (tertiary/aromatic N) is 1. The second-order valence-corrected chi connectivity index (χ2v) is 7.89. The molecule has 1 aromatic carbocycles. The number of amides is 2. The first kappa shape index (κ1) is 17.7. The highest BCUT2D eigenvalue weighted by molar-refractivity contribution is 8.18. The zero-order chi connectivity index (χ0) is 18.4. The minimum atomic E-state index is -0.479. The number of hydrogen-bond acceptors (Lipinski definition) is 4. The van der Waals surface area contributed by atoms with Crippen LogP contribution in [0.5, 0.6) is 0 Å². The minimum Gasteiger partial charge on any atom is -0.362 e. The van der Waals surface area contributed by atoms with Crippen LogP contribution in [0.25, 0.3) is 11.6 Å². The molecule has 0 atom stereocenters. The summed E-state index contributed by atoms with van der Waals surface area (Å²) in [7, 11) is 0. The highest BCUT2D eigenvalue weighted by Gasteiger charge is 2.32. The van der Waals surface area contributed by atoms with E-state index in [4.69, 9.17) is 0 Å². The van der Waals surface area contributed by atoms with Gasteiger partial charge in [0.2, 0.25) is 0 Å². The van der Waals surface area contributed by atoms with Crippen LogP contribution in [0.4, 0.5) is 14.9 Å². The molecule has 0 aliphatic carbocycles. The number of carbonyl (C=O) groups excluding carboxylic acids is 2. The van der Waals surface area contributed by atoms with Crippen LogP contribution in [0.15, 0.2) is 23.1 Å². The summed E-state index contributed by atoms with van der Waals surface area (Å²) in [5.41, 5.74) is 3.02. The van der Waals surface area contributed by atoms with Crippen molar-refractivity contribution in [3.8, 4) is 0 Å². The number of hydrogen-bond donors (Lipinski definition) is 1. The molecule has 0 aromatic heterocycles. The van der Waals surface area contributed by atoms with Gasteiger partial charge in [0.25, 0.3) is 11.1 Å². The summed E-state index contributed by atoms with van der Waals surface area (Å²) < 4.78 is 14.7. The quantitative estimate of drug-likeness (QED) is 0.803. The predicted molar refractivity (Wildman–Crippen MR) is 101 cm³/mol. The molecule has 0 spiro atoms. The van der Waals surface area contributed by atoms with Gasteiger partial charge in [-0.3, -0.25) is 14.9 Å². The maximum Gasteiger partial charge on any atom is 0.290 e. The summed E-state index contributed by atoms with van der Waals surface area (Å²) in [4.78, 5) is 25.4. The van der Waals surface area contributed by atoms with Crippen molar-refractivity contribution in [3.63, 3.8) is 0 Å². The molecule has 2 aliphatic rings. The van der Waals surface area contributed by atoms with Gasteiger partial charge in [0.15, 0.2) is 0 Å². The van der Waals surface area contributed by atoms with Gasteiger partial charge in [0, 0.05) is 23.4 Å². The molecule has 0 unspecified atom stereocenters. The fourth-order valence-corrected chi connectivity index (χ4v) is 4.09. The van der Waals surface area contributed by atoms with E-state index in [1.54, 1.807) is 6.07 Å². The minimum absolute atomic E-state index is 0.187. The molecule has 2 heterocycles. The smallest absolute Gasteiger partial charge is 0.290 e. The molecular formula is C19H21FN2O2S. The van der Waals surface area contributed by atoms with Gasteiger partial charge in [0.05, 0.1) is 10.4 Å². The molecule has 3 rings (SSSR count). The van der Waals surface area contributed by atoms with Crippen LogP contribution in [0, 0.1) is 5.82 Å². The van der Waals surface area contributed by atoms with Gasteiger partial charge in [-0.2, -0.15) is 0 Å². The van der Waals surface area contributed by atoms with Crippen LogP contribution < -0.4 is 10.2 Å². The molecule has 4 nitrogen and oxygen atoms in total. The van der Waals surface area contributed by atoms with Crippen LogP contribution in [0.3, 0.4) is 0 Å². The summed E-state index contributed by atoms with van der Waals surface area (Å²) in [5, 5.41) is 1.76. The maximum atomic E-state index is 14.7. The average molecular weight is 360 g/mol. The van der Waals surface area contributed by atoms with E-state index in [0.29, 0.717) is 5.56 Å². The van der Waals surface area contributed by atoms with E-state index in [9.17, 15) is 14.0 Å². The van der Waals surface area contributed by atoms with Crippen LogP contribution >= 0.6 is 11.8 Å². The number of allylic oxidation sites excluding steroid dienone is 1. The number of thioether (sulfide) groups is 1. The van der Waals surface area contributed by atoms with Crippen molar-refractivity contribution in [2.24, 2.45) is 0 Å². The summed E-state index contributed by atoms with van der Waals surface area (Å²) >= 11 is 0.794. The van der Waals surface area contributed by atoms with Crippen molar-refractivity contribution in [1.82, 2.24) is 5.32 Å². The van der Waals surface area contributed by atoms with Gasteiger partial charge < -0.3 is 4.90 Å². The average Bonchev–Trinajstić information content (AvgIpc) is 2.82. The summed E-state index contributed by atoms with van der Waals surface area (Å²) in [6.45, 7) is 9.18. The maximum absolute atomic E-state index is 14.7. The first-order valence-corrected chi connectivity index (χ1v) is 9.10.